The summed E-state index contributed by atoms with van der Waals surface area (Å²) in [6, 6.07) is 17.2. The minimum absolute atomic E-state index is 0.209. The van der Waals surface area contributed by atoms with Crippen molar-refractivity contribution in [2.75, 3.05) is 24.3 Å². The summed E-state index contributed by atoms with van der Waals surface area (Å²) >= 11 is 0. The van der Waals surface area contributed by atoms with Crippen LogP contribution in [0.5, 0.6) is 0 Å². The van der Waals surface area contributed by atoms with Gasteiger partial charge in [-0.2, -0.15) is 0 Å². The summed E-state index contributed by atoms with van der Waals surface area (Å²) in [4.78, 5) is 6.56. The van der Waals surface area contributed by atoms with Crippen molar-refractivity contribution in [2.45, 2.75) is 19.4 Å². The fourth-order valence-electron chi connectivity index (χ4n) is 3.24. The highest BCUT2D eigenvalue weighted by atomic mass is 19.1. The first-order valence-corrected chi connectivity index (χ1v) is 10.3. The maximum Gasteiger partial charge on any atom is 0.153 e. The second kappa shape index (κ2) is 10.4. The third-order valence-corrected chi connectivity index (χ3v) is 5.08. The lowest BCUT2D eigenvalue weighted by Crippen LogP contribution is -2.12. The summed E-state index contributed by atoms with van der Waals surface area (Å²) in [6.07, 6.45) is 7.53. The number of pyridine rings is 1. The summed E-state index contributed by atoms with van der Waals surface area (Å²) in [5.41, 5.74) is 5.46. The Balaban J connectivity index is 1.61. The van der Waals surface area contributed by atoms with E-state index in [-0.39, 0.29) is 11.7 Å². The van der Waals surface area contributed by atoms with Gasteiger partial charge < -0.3 is 15.5 Å². The van der Waals surface area contributed by atoms with E-state index < -0.39 is 0 Å². The van der Waals surface area contributed by atoms with Crippen LogP contribution in [0.3, 0.4) is 0 Å². The van der Waals surface area contributed by atoms with Crippen molar-refractivity contribution < 1.29 is 4.39 Å². The maximum atomic E-state index is 13.0. The molecule has 1 aromatic heterocycles. The van der Waals surface area contributed by atoms with E-state index in [2.05, 4.69) is 65.5 Å². The second-order valence-corrected chi connectivity index (χ2v) is 7.61. The van der Waals surface area contributed by atoms with Crippen LogP contribution in [0.15, 0.2) is 85.8 Å². The first kappa shape index (κ1) is 22.1. The van der Waals surface area contributed by atoms with Crippen LogP contribution in [-0.2, 0) is 6.54 Å². The largest absolute Gasteiger partial charge is 0.387 e. The molecule has 3 rings (SSSR count). The van der Waals surface area contributed by atoms with Gasteiger partial charge in [-0.1, -0.05) is 56.0 Å². The third kappa shape index (κ3) is 5.95. The normalized spacial score (nSPS) is 11.9. The van der Waals surface area contributed by atoms with Crippen LogP contribution in [0, 0.1) is 5.82 Å². The van der Waals surface area contributed by atoms with Crippen LogP contribution < -0.4 is 15.5 Å². The van der Waals surface area contributed by atoms with Crippen molar-refractivity contribution >= 4 is 11.5 Å². The number of aromatic nitrogens is 1. The lowest BCUT2D eigenvalue weighted by atomic mass is 10.0. The lowest BCUT2D eigenvalue weighted by molar-refractivity contribution is 0.626. The molecule has 0 saturated heterocycles. The third-order valence-electron chi connectivity index (χ3n) is 5.08. The number of hydrogen-bond donors (Lipinski definition) is 2. The smallest absolute Gasteiger partial charge is 0.153 e. The molecule has 0 fully saturated rings. The number of rotatable bonds is 9. The topological polar surface area (TPSA) is 40.2 Å². The number of nitrogens with zero attached hydrogens (tertiary/aromatic N) is 2. The zero-order chi connectivity index (χ0) is 22.2. The Labute approximate surface area is 184 Å². The lowest BCUT2D eigenvalue weighted by Gasteiger charge is -2.17. The fourth-order valence-corrected chi connectivity index (χ4v) is 3.24. The van der Waals surface area contributed by atoms with Gasteiger partial charge in [-0.25, -0.2) is 9.37 Å². The molecule has 2 aromatic carbocycles. The highest BCUT2D eigenvalue weighted by molar-refractivity contribution is 5.75. The van der Waals surface area contributed by atoms with E-state index >= 15 is 0 Å². The Morgan fingerprint density at radius 3 is 2.42 bits per heavy atom. The molecule has 1 atom stereocenters. The van der Waals surface area contributed by atoms with Gasteiger partial charge in [0.2, 0.25) is 0 Å². The highest BCUT2D eigenvalue weighted by Crippen LogP contribution is 2.28. The summed E-state index contributed by atoms with van der Waals surface area (Å²) in [6.45, 7) is 6.53. The van der Waals surface area contributed by atoms with E-state index in [0.29, 0.717) is 0 Å². The predicted molar refractivity (Wildman–Crippen MR) is 129 cm³/mol. The Hall–Kier alpha value is -3.60. The molecule has 31 heavy (non-hydrogen) atoms. The average Bonchev–Trinajstić information content (AvgIpc) is 2.78. The summed E-state index contributed by atoms with van der Waals surface area (Å²) in [5.74, 6) is 0.790. The van der Waals surface area contributed by atoms with Gasteiger partial charge in [0.1, 0.15) is 5.82 Å². The van der Waals surface area contributed by atoms with Crippen LogP contribution in [0.25, 0.3) is 11.1 Å². The quantitative estimate of drug-likeness (QED) is 0.454. The van der Waals surface area contributed by atoms with Crippen LogP contribution >= 0.6 is 0 Å². The minimum atomic E-state index is -0.209. The van der Waals surface area contributed by atoms with E-state index in [1.807, 2.05) is 43.5 Å². The van der Waals surface area contributed by atoms with Gasteiger partial charge >= 0.3 is 0 Å². The highest BCUT2D eigenvalue weighted by Gasteiger charge is 2.08. The zero-order valence-electron chi connectivity index (χ0n) is 18.3. The minimum Gasteiger partial charge on any atom is -0.387 e. The van der Waals surface area contributed by atoms with E-state index in [9.17, 15) is 4.39 Å². The molecule has 5 heteroatoms. The molecule has 0 aliphatic heterocycles. The van der Waals surface area contributed by atoms with Crippen molar-refractivity contribution in [3.05, 3.63) is 103 Å². The van der Waals surface area contributed by atoms with E-state index in [1.165, 1.54) is 17.7 Å². The monoisotopic (exact) mass is 416 g/mol. The van der Waals surface area contributed by atoms with E-state index in [1.54, 1.807) is 6.20 Å². The van der Waals surface area contributed by atoms with E-state index in [0.717, 1.165) is 34.7 Å². The molecule has 4 nitrogen and oxygen atoms in total. The molecule has 0 bridgehead atoms. The van der Waals surface area contributed by atoms with Crippen molar-refractivity contribution in [3.8, 4) is 11.1 Å². The number of allylic oxidation sites excluding steroid dienone is 1. The number of hydrogen-bond acceptors (Lipinski definition) is 4. The fraction of sp³-hybridized carbons (Fsp3) is 0.192. The second-order valence-electron chi connectivity index (χ2n) is 7.61. The Morgan fingerprint density at radius 2 is 1.77 bits per heavy atom. The van der Waals surface area contributed by atoms with Gasteiger partial charge in [-0.15, -0.1) is 0 Å². The standard InChI is InChI=1S/C26H29FN4/c1-5-29-26-25(31(3)4)16-23(18-30-26)22-8-6-20(7-9-22)17-28-15-14-19(2)21-10-12-24(27)13-11-21/h5-16,18-19,28H,1,17H2,2-4H3,(H,29,30)/b15-14-/t19-/m1/s1. The van der Waals surface area contributed by atoms with Crippen molar-refractivity contribution in [1.82, 2.24) is 10.3 Å². The molecule has 0 unspecified atom stereocenters. The predicted octanol–water partition coefficient (Wildman–Crippen LogP) is 5.92. The molecule has 2 N–H and O–H groups in total. The van der Waals surface area contributed by atoms with Crippen LogP contribution in [0.2, 0.25) is 0 Å². The molecule has 1 heterocycles. The van der Waals surface area contributed by atoms with Gasteiger partial charge in [0.15, 0.2) is 5.82 Å². The molecule has 0 radical (unpaired) electrons. The van der Waals surface area contributed by atoms with Gasteiger partial charge in [0.05, 0.1) is 5.69 Å². The first-order chi connectivity index (χ1) is 15.0. The summed E-state index contributed by atoms with van der Waals surface area (Å²) in [5, 5.41) is 6.40. The molecule has 160 valence electrons. The number of halogens is 1. The number of nitrogens with one attached hydrogen (secondary N) is 2. The van der Waals surface area contributed by atoms with E-state index in [4.69, 9.17) is 0 Å². The number of benzene rings is 2. The Morgan fingerprint density at radius 1 is 1.06 bits per heavy atom. The van der Waals surface area contributed by atoms with Gasteiger partial charge in [-0.3, -0.25) is 0 Å². The molecule has 0 aliphatic carbocycles. The average molecular weight is 417 g/mol. The Bertz CT molecular complexity index is 1020. The van der Waals surface area contributed by atoms with Crippen LogP contribution in [0.4, 0.5) is 15.9 Å². The molecule has 0 spiro atoms. The summed E-state index contributed by atoms with van der Waals surface area (Å²) < 4.78 is 13.0. The zero-order valence-corrected chi connectivity index (χ0v) is 18.3. The summed E-state index contributed by atoms with van der Waals surface area (Å²) in [7, 11) is 3.99. The van der Waals surface area contributed by atoms with Crippen LogP contribution in [-0.4, -0.2) is 19.1 Å². The van der Waals surface area contributed by atoms with Crippen LogP contribution in [0.1, 0.15) is 24.0 Å². The van der Waals surface area contributed by atoms with Crippen molar-refractivity contribution in [3.63, 3.8) is 0 Å². The molecule has 0 amide bonds. The first-order valence-electron chi connectivity index (χ1n) is 10.3. The van der Waals surface area contributed by atoms with Gasteiger partial charge in [0.25, 0.3) is 0 Å². The molecular formula is C26H29FN4. The van der Waals surface area contributed by atoms with Gasteiger partial charge in [0, 0.05) is 38.3 Å². The molecule has 0 saturated carbocycles. The van der Waals surface area contributed by atoms with Crippen molar-refractivity contribution in [1.29, 1.82) is 0 Å². The molecule has 0 aliphatic rings. The SMILES string of the molecule is C=CNc1ncc(-c2ccc(CN/C=C\[C@@H](C)c3ccc(F)cc3)cc2)cc1N(C)C. The van der Waals surface area contributed by atoms with Gasteiger partial charge in [-0.05, 0) is 47.3 Å². The van der Waals surface area contributed by atoms with Crippen molar-refractivity contribution in [2.24, 2.45) is 0 Å². The molecular weight excluding hydrogens is 387 g/mol. The molecule has 3 aromatic rings. The maximum absolute atomic E-state index is 13.0. The Kier molecular flexibility index (Phi) is 7.44. The number of anilines is 2.